The second kappa shape index (κ2) is 11.0. The molecular weight excluding hydrogens is 454 g/mol. The zero-order valence-electron chi connectivity index (χ0n) is 19.2. The summed E-state index contributed by atoms with van der Waals surface area (Å²) in [7, 11) is 1.27. The minimum absolute atomic E-state index is 0.0764. The molecule has 0 atom stereocenters. The lowest BCUT2D eigenvalue weighted by Gasteiger charge is -2.20. The Hall–Kier alpha value is -4.67. The van der Waals surface area contributed by atoms with Crippen molar-refractivity contribution in [2.24, 2.45) is 0 Å². The first-order valence-corrected chi connectivity index (χ1v) is 10.6. The number of carbonyl (C=O) groups excluding carboxylic acids is 3. The third kappa shape index (κ3) is 6.22. The number of benzene rings is 2. The predicted octanol–water partition coefficient (Wildman–Crippen LogP) is 0.412. The van der Waals surface area contributed by atoms with Crippen molar-refractivity contribution in [2.75, 3.05) is 30.8 Å². The molecule has 1 heterocycles. The van der Waals surface area contributed by atoms with Crippen molar-refractivity contribution in [3.8, 4) is 0 Å². The number of amides is 2. The number of nitrogens with one attached hydrogen (secondary N) is 2. The summed E-state index contributed by atoms with van der Waals surface area (Å²) >= 11 is 0. The van der Waals surface area contributed by atoms with Crippen molar-refractivity contribution in [3.63, 3.8) is 0 Å². The Bertz CT molecular complexity index is 1350. The van der Waals surface area contributed by atoms with E-state index in [0.29, 0.717) is 5.56 Å². The van der Waals surface area contributed by atoms with Gasteiger partial charge in [0, 0.05) is 12.6 Å². The van der Waals surface area contributed by atoms with Crippen LogP contribution in [0.3, 0.4) is 0 Å². The van der Waals surface area contributed by atoms with E-state index >= 15 is 0 Å². The molecule has 0 unspecified atom stereocenters. The number of rotatable bonds is 8. The zero-order valence-corrected chi connectivity index (χ0v) is 19.2. The number of nitrogens with two attached hydrogens (primary N) is 1. The number of aromatic amines is 1. The molecule has 0 saturated carbocycles. The Kier molecular flexibility index (Phi) is 7.82. The summed E-state index contributed by atoms with van der Waals surface area (Å²) in [4.78, 5) is 64.4. The van der Waals surface area contributed by atoms with Crippen LogP contribution in [0.4, 0.5) is 11.5 Å². The van der Waals surface area contributed by atoms with Crippen molar-refractivity contribution in [1.29, 1.82) is 0 Å². The van der Waals surface area contributed by atoms with Crippen molar-refractivity contribution < 1.29 is 19.1 Å². The van der Waals surface area contributed by atoms with Gasteiger partial charge in [-0.3, -0.25) is 28.7 Å². The number of aromatic nitrogens is 2. The smallest absolute Gasteiger partial charge is 0.330 e. The highest BCUT2D eigenvalue weighted by Gasteiger charge is 2.22. The highest BCUT2D eigenvalue weighted by molar-refractivity contribution is 5.98. The molecule has 0 aliphatic heterocycles. The molecule has 0 bridgehead atoms. The second-order valence-electron chi connectivity index (χ2n) is 7.73. The van der Waals surface area contributed by atoms with Crippen LogP contribution >= 0.6 is 0 Å². The highest BCUT2D eigenvalue weighted by atomic mass is 16.5. The molecule has 0 spiro atoms. The van der Waals surface area contributed by atoms with E-state index in [1.165, 1.54) is 7.05 Å². The fraction of sp³-hybridized carbons (Fsp3) is 0.208. The van der Waals surface area contributed by atoms with Crippen LogP contribution in [-0.4, -0.2) is 47.5 Å². The second-order valence-corrected chi connectivity index (χ2v) is 7.73. The van der Waals surface area contributed by atoms with Crippen molar-refractivity contribution in [2.45, 2.75) is 13.5 Å². The Morgan fingerprint density at radius 3 is 2.37 bits per heavy atom. The molecule has 1 aromatic heterocycles. The summed E-state index contributed by atoms with van der Waals surface area (Å²) in [5.74, 6) is -2.28. The van der Waals surface area contributed by atoms with E-state index in [9.17, 15) is 24.0 Å². The average Bonchev–Trinajstić information content (AvgIpc) is 2.84. The molecule has 2 aromatic carbocycles. The van der Waals surface area contributed by atoms with Crippen LogP contribution in [0.15, 0.2) is 64.2 Å². The number of likely N-dealkylation sites (N-methyl/N-ethyl adjacent to an activating group) is 1. The van der Waals surface area contributed by atoms with E-state index in [0.717, 1.165) is 20.6 Å². The van der Waals surface area contributed by atoms with Gasteiger partial charge in [0.1, 0.15) is 12.4 Å². The van der Waals surface area contributed by atoms with Gasteiger partial charge in [-0.1, -0.05) is 48.0 Å². The highest BCUT2D eigenvalue weighted by Crippen LogP contribution is 2.16. The molecule has 0 saturated heterocycles. The van der Waals surface area contributed by atoms with Crippen LogP contribution in [0.5, 0.6) is 0 Å². The number of ether oxygens (including phenoxy) is 1. The normalized spacial score (nSPS) is 10.5. The van der Waals surface area contributed by atoms with Crippen LogP contribution in [0.25, 0.3) is 0 Å². The first-order chi connectivity index (χ1) is 16.7. The van der Waals surface area contributed by atoms with Crippen molar-refractivity contribution >= 4 is 29.3 Å². The largest absolute Gasteiger partial charge is 0.454 e. The SMILES string of the molecule is Cc1ccc(C(=O)NCC(=O)OCC(=O)N(C)c2c(N)n(Cc3ccccc3)c(=O)[nH]c2=O)cc1. The van der Waals surface area contributed by atoms with Gasteiger partial charge in [-0.15, -0.1) is 0 Å². The number of nitrogens with zero attached hydrogens (tertiary/aromatic N) is 2. The fourth-order valence-corrected chi connectivity index (χ4v) is 3.20. The molecule has 11 heteroatoms. The Morgan fingerprint density at radius 1 is 1.06 bits per heavy atom. The maximum Gasteiger partial charge on any atom is 0.330 e. The third-order valence-electron chi connectivity index (χ3n) is 5.17. The summed E-state index contributed by atoms with van der Waals surface area (Å²) < 4.78 is 6.04. The van der Waals surface area contributed by atoms with Gasteiger partial charge in [-0.05, 0) is 24.6 Å². The summed E-state index contributed by atoms with van der Waals surface area (Å²) in [5, 5.41) is 2.41. The predicted molar refractivity (Wildman–Crippen MR) is 129 cm³/mol. The van der Waals surface area contributed by atoms with Crippen molar-refractivity contribution in [3.05, 3.63) is 92.1 Å². The van der Waals surface area contributed by atoms with Gasteiger partial charge in [0.15, 0.2) is 12.3 Å². The van der Waals surface area contributed by atoms with Gasteiger partial charge in [0.2, 0.25) is 0 Å². The molecule has 0 aliphatic carbocycles. The molecule has 0 radical (unpaired) electrons. The number of H-pyrrole nitrogens is 1. The van der Waals surface area contributed by atoms with Crippen LogP contribution in [0, 0.1) is 6.92 Å². The number of hydrogen-bond acceptors (Lipinski definition) is 7. The average molecular weight is 479 g/mol. The standard InChI is InChI=1S/C24H25N5O6/c1-15-8-10-17(11-9-15)22(32)26-12-19(31)35-14-18(30)28(2)20-21(25)29(24(34)27-23(20)33)13-16-6-4-3-5-7-16/h3-11H,12-14,25H2,1-2H3,(H,26,32)(H,27,33,34). The summed E-state index contributed by atoms with van der Waals surface area (Å²) in [6.07, 6.45) is 0. The zero-order chi connectivity index (χ0) is 25.5. The maximum absolute atomic E-state index is 12.6. The molecule has 2 amide bonds. The summed E-state index contributed by atoms with van der Waals surface area (Å²) in [6, 6.07) is 15.7. The quantitative estimate of drug-likeness (QED) is 0.395. The maximum atomic E-state index is 12.6. The summed E-state index contributed by atoms with van der Waals surface area (Å²) in [5.41, 5.74) is 6.35. The number of aryl methyl sites for hydroxylation is 1. The van der Waals surface area contributed by atoms with E-state index in [-0.39, 0.29) is 18.1 Å². The topological polar surface area (TPSA) is 157 Å². The number of anilines is 2. The van der Waals surface area contributed by atoms with Crippen LogP contribution in [-0.2, 0) is 20.9 Å². The van der Waals surface area contributed by atoms with Gasteiger partial charge >= 0.3 is 11.7 Å². The first kappa shape index (κ1) is 25.0. The number of esters is 1. The minimum atomic E-state index is -0.857. The van der Waals surface area contributed by atoms with Gasteiger partial charge in [-0.25, -0.2) is 4.79 Å². The van der Waals surface area contributed by atoms with E-state index in [4.69, 9.17) is 10.5 Å². The fourth-order valence-electron chi connectivity index (χ4n) is 3.20. The molecule has 3 aromatic rings. The lowest BCUT2D eigenvalue weighted by molar-refractivity contribution is -0.146. The monoisotopic (exact) mass is 479 g/mol. The van der Waals surface area contributed by atoms with Crippen LogP contribution in [0.2, 0.25) is 0 Å². The van der Waals surface area contributed by atoms with E-state index < -0.39 is 42.2 Å². The molecule has 0 fully saturated rings. The first-order valence-electron chi connectivity index (χ1n) is 10.6. The van der Waals surface area contributed by atoms with Crippen LogP contribution < -0.4 is 27.2 Å². The van der Waals surface area contributed by atoms with Gasteiger partial charge in [-0.2, -0.15) is 0 Å². The van der Waals surface area contributed by atoms with Gasteiger partial charge in [0.25, 0.3) is 17.4 Å². The molecule has 3 rings (SSSR count). The lowest BCUT2D eigenvalue weighted by Crippen LogP contribution is -2.41. The van der Waals surface area contributed by atoms with E-state index in [1.54, 1.807) is 48.5 Å². The van der Waals surface area contributed by atoms with Crippen molar-refractivity contribution in [1.82, 2.24) is 14.9 Å². The van der Waals surface area contributed by atoms with E-state index in [1.807, 2.05) is 13.0 Å². The number of nitrogen functional groups attached to an aromatic ring is 1. The lowest BCUT2D eigenvalue weighted by atomic mass is 10.1. The molecular formula is C24H25N5O6. The van der Waals surface area contributed by atoms with Gasteiger partial charge in [0.05, 0.1) is 6.54 Å². The van der Waals surface area contributed by atoms with Crippen LogP contribution in [0.1, 0.15) is 21.5 Å². The Labute approximate surface area is 200 Å². The molecule has 182 valence electrons. The molecule has 0 aliphatic rings. The molecule has 4 N–H and O–H groups in total. The Balaban J connectivity index is 1.62. The third-order valence-corrected chi connectivity index (χ3v) is 5.17. The molecule has 11 nitrogen and oxygen atoms in total. The van der Waals surface area contributed by atoms with Gasteiger partial charge < -0.3 is 20.7 Å². The number of hydrogen-bond donors (Lipinski definition) is 3. The minimum Gasteiger partial charge on any atom is -0.454 e. The summed E-state index contributed by atoms with van der Waals surface area (Å²) in [6.45, 7) is 0.806. The number of carbonyl (C=O) groups is 3. The van der Waals surface area contributed by atoms with E-state index in [2.05, 4.69) is 10.3 Å². The Morgan fingerprint density at radius 2 is 1.71 bits per heavy atom. The molecule has 35 heavy (non-hydrogen) atoms.